The predicted molar refractivity (Wildman–Crippen MR) is 84.1 cm³/mol. The average molecular weight is 299 g/mol. The van der Waals surface area contributed by atoms with Crippen LogP contribution in [0.4, 0.5) is 0 Å². The highest BCUT2D eigenvalue weighted by Gasteiger charge is 2.29. The van der Waals surface area contributed by atoms with Crippen molar-refractivity contribution in [2.24, 2.45) is 0 Å². The molecule has 1 fully saturated rings. The maximum Gasteiger partial charge on any atom is 0.119 e. The molecule has 1 atom stereocenters. The summed E-state index contributed by atoms with van der Waals surface area (Å²) < 4.78 is 5.42. The normalized spacial score (nSPS) is 25.3. The number of benzene rings is 1. The largest absolute Gasteiger partial charge is 0.497 e. The molecule has 1 aliphatic heterocycles. The fraction of sp³-hybridized carbons (Fsp3) is 0.571. The molecule has 1 aliphatic rings. The van der Waals surface area contributed by atoms with E-state index in [0.29, 0.717) is 6.04 Å². The first-order valence-electron chi connectivity index (χ1n) is 6.33. The molecule has 0 bridgehead atoms. The molecule has 0 amide bonds. The molecule has 0 spiro atoms. The number of methoxy groups -OCH3 is 1. The fourth-order valence-electron chi connectivity index (χ4n) is 1.97. The van der Waals surface area contributed by atoms with Crippen molar-refractivity contribution in [2.45, 2.75) is 16.7 Å². The number of ether oxygens (including phenoxy) is 1. The maximum atomic E-state index is 10.5. The molecule has 0 aliphatic carbocycles. The van der Waals surface area contributed by atoms with E-state index in [9.17, 15) is 5.11 Å². The van der Waals surface area contributed by atoms with Crippen LogP contribution in [0.15, 0.2) is 24.3 Å². The highest BCUT2D eigenvalue weighted by atomic mass is 32.2. The summed E-state index contributed by atoms with van der Waals surface area (Å²) in [7, 11) is 5.88. The molecule has 0 radical (unpaired) electrons. The Morgan fingerprint density at radius 3 is 2.58 bits per heavy atom. The van der Waals surface area contributed by atoms with Crippen LogP contribution in [-0.2, 0) is 0 Å². The van der Waals surface area contributed by atoms with Gasteiger partial charge in [0.05, 0.1) is 11.7 Å². The molecule has 1 aromatic rings. The molecule has 0 aromatic heterocycles. The lowest BCUT2D eigenvalue weighted by Crippen LogP contribution is -2.37. The van der Waals surface area contributed by atoms with Crippen molar-refractivity contribution in [2.75, 3.05) is 32.7 Å². The van der Waals surface area contributed by atoms with Gasteiger partial charge in [0.1, 0.15) is 11.9 Å². The first kappa shape index (κ1) is 15.0. The van der Waals surface area contributed by atoms with Crippen molar-refractivity contribution >= 4 is 23.5 Å². The van der Waals surface area contributed by atoms with Gasteiger partial charge in [-0.05, 0) is 31.8 Å². The summed E-state index contributed by atoms with van der Waals surface area (Å²) >= 11 is 3.69. The van der Waals surface area contributed by atoms with E-state index in [1.807, 2.05) is 47.8 Å². The fourth-order valence-corrected chi connectivity index (χ4v) is 5.31. The lowest BCUT2D eigenvalue weighted by Gasteiger charge is -2.34. The number of hydrogen-bond donors (Lipinski definition) is 1. The van der Waals surface area contributed by atoms with Crippen LogP contribution in [-0.4, -0.2) is 53.3 Å². The van der Waals surface area contributed by atoms with Gasteiger partial charge in [0, 0.05) is 17.5 Å². The zero-order valence-corrected chi connectivity index (χ0v) is 13.2. The third-order valence-corrected chi connectivity index (χ3v) is 6.47. The van der Waals surface area contributed by atoms with Crippen molar-refractivity contribution in [3.8, 4) is 5.75 Å². The van der Waals surface area contributed by atoms with Gasteiger partial charge < -0.3 is 14.7 Å². The SMILES string of the molecule is COc1cccc(C(O)C2SCC(N(C)C)CS2)c1. The number of rotatable bonds is 4. The molecule has 1 aromatic carbocycles. The summed E-state index contributed by atoms with van der Waals surface area (Å²) in [6.07, 6.45) is -0.437. The zero-order valence-electron chi connectivity index (χ0n) is 11.6. The number of thioether (sulfide) groups is 2. The third-order valence-electron chi connectivity index (χ3n) is 3.33. The highest BCUT2D eigenvalue weighted by molar-refractivity contribution is 8.17. The Morgan fingerprint density at radius 1 is 1.32 bits per heavy atom. The van der Waals surface area contributed by atoms with Crippen molar-refractivity contribution in [3.63, 3.8) is 0 Å². The molecule has 19 heavy (non-hydrogen) atoms. The topological polar surface area (TPSA) is 32.7 Å². The van der Waals surface area contributed by atoms with Gasteiger partial charge in [-0.1, -0.05) is 12.1 Å². The Hall–Kier alpha value is -0.360. The van der Waals surface area contributed by atoms with E-state index < -0.39 is 6.10 Å². The summed E-state index contributed by atoms with van der Waals surface area (Å²) in [4.78, 5) is 2.26. The van der Waals surface area contributed by atoms with Gasteiger partial charge in [-0.2, -0.15) is 0 Å². The first-order valence-corrected chi connectivity index (χ1v) is 8.43. The lowest BCUT2D eigenvalue weighted by molar-refractivity contribution is 0.195. The van der Waals surface area contributed by atoms with Gasteiger partial charge >= 0.3 is 0 Å². The minimum absolute atomic E-state index is 0.211. The van der Waals surface area contributed by atoms with Gasteiger partial charge in [-0.25, -0.2) is 0 Å². The summed E-state index contributed by atoms with van der Waals surface area (Å²) in [5, 5.41) is 10.5. The number of aliphatic hydroxyl groups is 1. The van der Waals surface area contributed by atoms with E-state index in [2.05, 4.69) is 19.0 Å². The Labute approximate surface area is 123 Å². The third kappa shape index (κ3) is 3.81. The van der Waals surface area contributed by atoms with Crippen LogP contribution in [0.25, 0.3) is 0 Å². The van der Waals surface area contributed by atoms with Crippen LogP contribution in [0.2, 0.25) is 0 Å². The van der Waals surface area contributed by atoms with Crippen molar-refractivity contribution in [3.05, 3.63) is 29.8 Å². The van der Waals surface area contributed by atoms with E-state index in [1.165, 1.54) is 0 Å². The molecular formula is C14H21NO2S2. The lowest BCUT2D eigenvalue weighted by atomic mass is 10.1. The van der Waals surface area contributed by atoms with E-state index in [0.717, 1.165) is 22.8 Å². The van der Waals surface area contributed by atoms with Crippen LogP contribution < -0.4 is 4.74 Å². The molecule has 1 heterocycles. The monoisotopic (exact) mass is 299 g/mol. The molecule has 1 N–H and O–H groups in total. The molecule has 3 nitrogen and oxygen atoms in total. The second-order valence-corrected chi connectivity index (χ2v) is 7.52. The molecule has 5 heteroatoms. The predicted octanol–water partition coefficient (Wildman–Crippen LogP) is 2.46. The van der Waals surface area contributed by atoms with Crippen LogP contribution in [0.5, 0.6) is 5.75 Å². The van der Waals surface area contributed by atoms with Crippen LogP contribution in [0.3, 0.4) is 0 Å². The first-order chi connectivity index (χ1) is 9.11. The van der Waals surface area contributed by atoms with E-state index in [1.54, 1.807) is 7.11 Å². The average Bonchev–Trinajstić information content (AvgIpc) is 2.46. The van der Waals surface area contributed by atoms with Gasteiger partial charge in [0.15, 0.2) is 0 Å². The summed E-state index contributed by atoms with van der Waals surface area (Å²) in [6.45, 7) is 0. The van der Waals surface area contributed by atoms with Crippen molar-refractivity contribution in [1.82, 2.24) is 4.90 Å². The second kappa shape index (κ2) is 6.88. The number of nitrogens with zero attached hydrogens (tertiary/aromatic N) is 1. The van der Waals surface area contributed by atoms with Gasteiger partial charge in [-0.3, -0.25) is 0 Å². The molecule has 1 unspecified atom stereocenters. The van der Waals surface area contributed by atoms with Crippen LogP contribution >= 0.6 is 23.5 Å². The molecular weight excluding hydrogens is 278 g/mol. The van der Waals surface area contributed by atoms with Crippen LogP contribution in [0.1, 0.15) is 11.7 Å². The molecule has 2 rings (SSSR count). The zero-order chi connectivity index (χ0) is 13.8. The Morgan fingerprint density at radius 2 is 2.00 bits per heavy atom. The molecule has 106 valence electrons. The molecule has 0 saturated carbocycles. The van der Waals surface area contributed by atoms with Crippen molar-refractivity contribution < 1.29 is 9.84 Å². The van der Waals surface area contributed by atoms with E-state index in [4.69, 9.17) is 4.74 Å². The van der Waals surface area contributed by atoms with E-state index in [-0.39, 0.29) is 4.58 Å². The minimum atomic E-state index is -0.437. The van der Waals surface area contributed by atoms with Gasteiger partial charge in [0.25, 0.3) is 0 Å². The van der Waals surface area contributed by atoms with Gasteiger partial charge in [-0.15, -0.1) is 23.5 Å². The second-order valence-electron chi connectivity index (χ2n) is 4.87. The number of hydrogen-bond acceptors (Lipinski definition) is 5. The smallest absolute Gasteiger partial charge is 0.119 e. The van der Waals surface area contributed by atoms with Crippen LogP contribution in [0, 0.1) is 0 Å². The molecule has 1 saturated heterocycles. The quantitative estimate of drug-likeness (QED) is 0.923. The highest BCUT2D eigenvalue weighted by Crippen LogP contribution is 2.40. The summed E-state index contributed by atoms with van der Waals surface area (Å²) in [5.41, 5.74) is 0.938. The Bertz CT molecular complexity index is 406. The minimum Gasteiger partial charge on any atom is -0.497 e. The van der Waals surface area contributed by atoms with E-state index >= 15 is 0 Å². The Kier molecular flexibility index (Phi) is 5.45. The van der Waals surface area contributed by atoms with Gasteiger partial charge in [0.2, 0.25) is 0 Å². The Balaban J connectivity index is 1.98. The number of aliphatic hydroxyl groups excluding tert-OH is 1. The van der Waals surface area contributed by atoms with Crippen molar-refractivity contribution in [1.29, 1.82) is 0 Å². The summed E-state index contributed by atoms with van der Waals surface area (Å²) in [6, 6.07) is 8.32. The standard InChI is InChI=1S/C14H21NO2S2/c1-15(2)11-8-18-14(19-9-11)13(16)10-5-4-6-12(7-10)17-3/h4-7,11,13-14,16H,8-9H2,1-3H3. The maximum absolute atomic E-state index is 10.5. The summed E-state index contributed by atoms with van der Waals surface area (Å²) in [5.74, 6) is 2.95.